The molecule has 0 radical (unpaired) electrons. The fourth-order valence-corrected chi connectivity index (χ4v) is 4.69. The molecule has 2 rings (SSSR count). The van der Waals surface area contributed by atoms with E-state index in [1.807, 2.05) is 44.2 Å². The number of nitrogens with one attached hydrogen (secondary N) is 1. The van der Waals surface area contributed by atoms with Gasteiger partial charge in [-0.05, 0) is 68.2 Å². The molecule has 0 spiro atoms. The van der Waals surface area contributed by atoms with Crippen LogP contribution in [0.3, 0.4) is 0 Å². The Morgan fingerprint density at radius 3 is 2.18 bits per heavy atom. The molecule has 0 aliphatic rings. The van der Waals surface area contributed by atoms with Gasteiger partial charge < -0.3 is 18.9 Å². The molecular formula is C29H41NO7S. The first kappa shape index (κ1) is 31.0. The van der Waals surface area contributed by atoms with Gasteiger partial charge in [-0.2, -0.15) is 0 Å². The quantitative estimate of drug-likeness (QED) is 0.106. The first-order valence-corrected chi connectivity index (χ1v) is 15.0. The highest BCUT2D eigenvalue weighted by molar-refractivity contribution is 7.92. The third-order valence-corrected chi connectivity index (χ3v) is 6.81. The zero-order valence-corrected chi connectivity index (χ0v) is 23.8. The van der Waals surface area contributed by atoms with Crippen molar-refractivity contribution in [2.24, 2.45) is 0 Å². The third kappa shape index (κ3) is 11.0. The summed E-state index contributed by atoms with van der Waals surface area (Å²) < 4.78 is 49.4. The van der Waals surface area contributed by atoms with Crippen molar-refractivity contribution in [3.05, 3.63) is 59.4 Å². The summed E-state index contributed by atoms with van der Waals surface area (Å²) in [5, 5.41) is 0. The molecule has 0 aliphatic heterocycles. The molecule has 0 heterocycles. The lowest BCUT2D eigenvalue weighted by molar-refractivity contribution is -0.142. The lowest BCUT2D eigenvalue weighted by atomic mass is 10.1. The van der Waals surface area contributed by atoms with Crippen LogP contribution in [-0.4, -0.2) is 46.6 Å². The van der Waals surface area contributed by atoms with Crippen molar-refractivity contribution in [3.63, 3.8) is 0 Å². The number of ether oxygens (including phenoxy) is 4. The Kier molecular flexibility index (Phi) is 13.6. The van der Waals surface area contributed by atoms with E-state index in [9.17, 15) is 13.2 Å². The van der Waals surface area contributed by atoms with Crippen molar-refractivity contribution < 1.29 is 32.2 Å². The SMILES string of the molecule is CCCCOc1cc(/C=C(\OCC)C(=O)OCC)ccc1OCCc1ccc(NS(=O)(=O)CCCC)cc1. The van der Waals surface area contributed by atoms with Gasteiger partial charge in [-0.3, -0.25) is 4.72 Å². The molecule has 0 aliphatic carbocycles. The lowest BCUT2D eigenvalue weighted by Gasteiger charge is -2.14. The van der Waals surface area contributed by atoms with E-state index in [1.165, 1.54) is 0 Å². The number of esters is 1. The van der Waals surface area contributed by atoms with Gasteiger partial charge in [0.2, 0.25) is 15.8 Å². The number of carbonyl (C=O) groups is 1. The number of sulfonamides is 1. The molecule has 1 N–H and O–H groups in total. The normalized spacial score (nSPS) is 11.6. The van der Waals surface area contributed by atoms with Crippen molar-refractivity contribution in [2.45, 2.75) is 59.8 Å². The zero-order chi connectivity index (χ0) is 27.8. The van der Waals surface area contributed by atoms with Gasteiger partial charge in [-0.1, -0.05) is 44.9 Å². The van der Waals surface area contributed by atoms with E-state index in [-0.39, 0.29) is 18.1 Å². The van der Waals surface area contributed by atoms with Crippen LogP contribution < -0.4 is 14.2 Å². The van der Waals surface area contributed by atoms with Crippen molar-refractivity contribution in [1.82, 2.24) is 0 Å². The highest BCUT2D eigenvalue weighted by atomic mass is 32.2. The van der Waals surface area contributed by atoms with Crippen LogP contribution >= 0.6 is 0 Å². The number of unbranched alkanes of at least 4 members (excludes halogenated alkanes) is 2. The Labute approximate surface area is 227 Å². The number of anilines is 1. The second-order valence-electron chi connectivity index (χ2n) is 8.64. The van der Waals surface area contributed by atoms with E-state index in [0.29, 0.717) is 49.8 Å². The minimum absolute atomic E-state index is 0.117. The van der Waals surface area contributed by atoms with Crippen LogP contribution in [0.15, 0.2) is 48.2 Å². The lowest BCUT2D eigenvalue weighted by Crippen LogP contribution is -2.16. The number of hydrogen-bond donors (Lipinski definition) is 1. The van der Waals surface area contributed by atoms with Gasteiger partial charge in [0, 0.05) is 12.1 Å². The van der Waals surface area contributed by atoms with Gasteiger partial charge in [0.1, 0.15) is 0 Å². The van der Waals surface area contributed by atoms with Crippen LogP contribution in [0.4, 0.5) is 5.69 Å². The fraction of sp³-hybridized carbons (Fsp3) is 0.483. The molecule has 38 heavy (non-hydrogen) atoms. The molecule has 9 heteroatoms. The molecule has 0 amide bonds. The molecule has 8 nitrogen and oxygen atoms in total. The van der Waals surface area contributed by atoms with Crippen LogP contribution in [0.5, 0.6) is 11.5 Å². The van der Waals surface area contributed by atoms with Crippen LogP contribution in [0.25, 0.3) is 6.08 Å². The maximum atomic E-state index is 12.2. The van der Waals surface area contributed by atoms with E-state index < -0.39 is 16.0 Å². The van der Waals surface area contributed by atoms with Gasteiger partial charge >= 0.3 is 5.97 Å². The summed E-state index contributed by atoms with van der Waals surface area (Å²) >= 11 is 0. The molecular weight excluding hydrogens is 506 g/mol. The average molecular weight is 548 g/mol. The molecule has 0 saturated heterocycles. The Hall–Kier alpha value is -3.20. The van der Waals surface area contributed by atoms with Gasteiger partial charge in [0.25, 0.3) is 0 Å². The van der Waals surface area contributed by atoms with Crippen molar-refractivity contribution >= 4 is 27.8 Å². The van der Waals surface area contributed by atoms with E-state index in [4.69, 9.17) is 18.9 Å². The summed E-state index contributed by atoms with van der Waals surface area (Å²) in [6.45, 7) is 9.17. The van der Waals surface area contributed by atoms with Crippen molar-refractivity contribution in [2.75, 3.05) is 36.9 Å². The van der Waals surface area contributed by atoms with Crippen LogP contribution in [0.2, 0.25) is 0 Å². The Balaban J connectivity index is 2.08. The topological polar surface area (TPSA) is 100 Å². The summed E-state index contributed by atoms with van der Waals surface area (Å²) in [5.74, 6) is 0.935. The van der Waals surface area contributed by atoms with E-state index in [0.717, 1.165) is 30.4 Å². The average Bonchev–Trinajstić information content (AvgIpc) is 2.89. The maximum Gasteiger partial charge on any atom is 0.373 e. The molecule has 0 unspecified atom stereocenters. The highest BCUT2D eigenvalue weighted by Gasteiger charge is 2.14. The second-order valence-corrected chi connectivity index (χ2v) is 10.5. The zero-order valence-electron chi connectivity index (χ0n) is 23.0. The molecule has 2 aromatic carbocycles. The molecule has 0 atom stereocenters. The molecule has 0 fully saturated rings. The Bertz CT molecular complexity index is 1130. The van der Waals surface area contributed by atoms with Crippen molar-refractivity contribution in [1.29, 1.82) is 0 Å². The molecule has 0 saturated carbocycles. The summed E-state index contributed by atoms with van der Waals surface area (Å²) in [5.41, 5.74) is 2.30. The van der Waals surface area contributed by atoms with Gasteiger partial charge in [-0.15, -0.1) is 0 Å². The van der Waals surface area contributed by atoms with Crippen LogP contribution in [0.1, 0.15) is 64.5 Å². The van der Waals surface area contributed by atoms with E-state index in [1.54, 1.807) is 25.1 Å². The number of rotatable bonds is 18. The van der Waals surface area contributed by atoms with Gasteiger partial charge in [0.15, 0.2) is 11.5 Å². The standard InChI is InChI=1S/C29H41NO7S/c1-5-9-18-36-27-21-24(22-28(34-7-3)29(31)35-8-4)13-16-26(27)37-19-17-23-11-14-25(15-12-23)30-38(32,33)20-10-6-2/h11-16,21-22,30H,5-10,17-20H2,1-4H3/b28-22-. The van der Waals surface area contributed by atoms with Crippen LogP contribution in [0, 0.1) is 0 Å². The van der Waals surface area contributed by atoms with Crippen molar-refractivity contribution in [3.8, 4) is 11.5 Å². The fourth-order valence-electron chi connectivity index (χ4n) is 3.42. The molecule has 2 aromatic rings. The number of hydrogen-bond acceptors (Lipinski definition) is 7. The van der Waals surface area contributed by atoms with Gasteiger partial charge in [0.05, 0.1) is 32.2 Å². The maximum absolute atomic E-state index is 12.2. The first-order valence-electron chi connectivity index (χ1n) is 13.3. The third-order valence-electron chi connectivity index (χ3n) is 5.44. The molecule has 210 valence electrons. The monoisotopic (exact) mass is 547 g/mol. The molecule has 0 aromatic heterocycles. The Morgan fingerprint density at radius 1 is 0.842 bits per heavy atom. The first-order chi connectivity index (χ1) is 18.3. The largest absolute Gasteiger partial charge is 0.490 e. The summed E-state index contributed by atoms with van der Waals surface area (Å²) in [6.07, 6.45) is 5.63. The minimum atomic E-state index is -3.33. The summed E-state index contributed by atoms with van der Waals surface area (Å²) in [7, 11) is -3.33. The summed E-state index contributed by atoms with van der Waals surface area (Å²) in [6, 6.07) is 12.8. The summed E-state index contributed by atoms with van der Waals surface area (Å²) in [4.78, 5) is 12.2. The minimum Gasteiger partial charge on any atom is -0.490 e. The van der Waals surface area contributed by atoms with Crippen LogP contribution in [-0.2, 0) is 30.7 Å². The number of carbonyl (C=O) groups excluding carboxylic acids is 1. The second kappa shape index (κ2) is 16.6. The molecule has 0 bridgehead atoms. The number of benzene rings is 2. The smallest absolute Gasteiger partial charge is 0.373 e. The Morgan fingerprint density at radius 2 is 1.53 bits per heavy atom. The van der Waals surface area contributed by atoms with E-state index in [2.05, 4.69) is 11.6 Å². The predicted octanol–water partition coefficient (Wildman–Crippen LogP) is 5.97. The van der Waals surface area contributed by atoms with Gasteiger partial charge in [-0.25, -0.2) is 13.2 Å². The predicted molar refractivity (Wildman–Crippen MR) is 151 cm³/mol. The highest BCUT2D eigenvalue weighted by Crippen LogP contribution is 2.30. The van der Waals surface area contributed by atoms with E-state index >= 15 is 0 Å².